The fraction of sp³-hybridized carbons (Fsp3) is 0.143. The molecule has 3 nitrogen and oxygen atoms in total. The number of hydrogen-bond donors (Lipinski definition) is 1. The van der Waals surface area contributed by atoms with Crippen LogP contribution in [0.5, 0.6) is 0 Å². The van der Waals surface area contributed by atoms with Gasteiger partial charge in [0.05, 0.1) is 5.39 Å². The molecule has 0 aliphatic carbocycles. The first kappa shape index (κ1) is 17.0. The van der Waals surface area contributed by atoms with Gasteiger partial charge in [0, 0.05) is 16.6 Å². The van der Waals surface area contributed by atoms with E-state index in [4.69, 9.17) is 11.6 Å². The van der Waals surface area contributed by atoms with Crippen molar-refractivity contribution in [3.05, 3.63) is 69.8 Å². The number of aromatic nitrogens is 2. The summed E-state index contributed by atoms with van der Waals surface area (Å²) in [5.41, 5.74) is 6.94. The maximum absolute atomic E-state index is 6.19. The van der Waals surface area contributed by atoms with Crippen molar-refractivity contribution in [3.8, 4) is 11.1 Å². The average molecular weight is 380 g/mol. The SMILES string of the molecule is Cc1cc(C)c(Nc2nc(Cl)nc3scc(-c4ccccc4)c23)c(C)c1. The van der Waals surface area contributed by atoms with E-state index in [2.05, 4.69) is 65.7 Å². The van der Waals surface area contributed by atoms with Crippen LogP contribution in [0.15, 0.2) is 47.8 Å². The molecule has 2 aromatic heterocycles. The summed E-state index contributed by atoms with van der Waals surface area (Å²) in [7, 11) is 0. The Kier molecular flexibility index (Phi) is 4.39. The standard InChI is InChI=1S/C21H18ClN3S/c1-12-9-13(2)18(14(3)10-12)23-19-17-16(15-7-5-4-6-8-15)11-26-20(17)25-21(22)24-19/h4-11H,1-3H3,(H,23,24,25). The molecular weight excluding hydrogens is 362 g/mol. The van der Waals surface area contributed by atoms with E-state index in [0.717, 1.165) is 32.8 Å². The van der Waals surface area contributed by atoms with Crippen molar-refractivity contribution >= 4 is 44.7 Å². The first-order chi connectivity index (χ1) is 12.5. The molecule has 0 aliphatic heterocycles. The Labute approximate surface area is 161 Å². The smallest absolute Gasteiger partial charge is 0.225 e. The molecule has 2 aromatic carbocycles. The minimum absolute atomic E-state index is 0.254. The Morgan fingerprint density at radius 2 is 1.65 bits per heavy atom. The van der Waals surface area contributed by atoms with Gasteiger partial charge in [-0.2, -0.15) is 4.98 Å². The summed E-state index contributed by atoms with van der Waals surface area (Å²) >= 11 is 7.78. The summed E-state index contributed by atoms with van der Waals surface area (Å²) in [6.45, 7) is 6.32. The maximum Gasteiger partial charge on any atom is 0.225 e. The number of rotatable bonds is 3. The van der Waals surface area contributed by atoms with Crippen LogP contribution in [0.2, 0.25) is 5.28 Å². The lowest BCUT2D eigenvalue weighted by atomic mass is 10.0. The van der Waals surface area contributed by atoms with Crippen LogP contribution in [-0.4, -0.2) is 9.97 Å². The van der Waals surface area contributed by atoms with Crippen molar-refractivity contribution in [2.75, 3.05) is 5.32 Å². The highest BCUT2D eigenvalue weighted by molar-refractivity contribution is 7.17. The van der Waals surface area contributed by atoms with Crippen LogP contribution in [-0.2, 0) is 0 Å². The molecule has 4 aromatic rings. The lowest BCUT2D eigenvalue weighted by molar-refractivity contribution is 1.22. The van der Waals surface area contributed by atoms with Crippen LogP contribution in [0, 0.1) is 20.8 Å². The number of aryl methyl sites for hydroxylation is 3. The second-order valence-electron chi connectivity index (χ2n) is 6.44. The summed E-state index contributed by atoms with van der Waals surface area (Å²) in [6, 6.07) is 14.6. The van der Waals surface area contributed by atoms with Crippen molar-refractivity contribution in [1.82, 2.24) is 9.97 Å². The van der Waals surface area contributed by atoms with E-state index in [1.165, 1.54) is 16.7 Å². The lowest BCUT2D eigenvalue weighted by Gasteiger charge is -2.15. The zero-order valence-electron chi connectivity index (χ0n) is 14.8. The molecule has 130 valence electrons. The van der Waals surface area contributed by atoms with Crippen LogP contribution < -0.4 is 5.32 Å². The minimum Gasteiger partial charge on any atom is -0.339 e. The molecule has 0 saturated heterocycles. The highest BCUT2D eigenvalue weighted by Crippen LogP contribution is 2.39. The predicted octanol–water partition coefficient (Wildman–Crippen LogP) is 6.68. The monoisotopic (exact) mass is 379 g/mol. The molecule has 0 aliphatic rings. The first-order valence-corrected chi connectivity index (χ1v) is 9.63. The Balaban J connectivity index is 1.91. The van der Waals surface area contributed by atoms with Gasteiger partial charge in [-0.3, -0.25) is 0 Å². The largest absolute Gasteiger partial charge is 0.339 e. The van der Waals surface area contributed by atoms with Crippen molar-refractivity contribution in [2.24, 2.45) is 0 Å². The van der Waals surface area contributed by atoms with Crippen LogP contribution >= 0.6 is 22.9 Å². The van der Waals surface area contributed by atoms with Gasteiger partial charge in [0.25, 0.3) is 0 Å². The van der Waals surface area contributed by atoms with E-state index in [1.54, 1.807) is 11.3 Å². The maximum atomic E-state index is 6.19. The quantitative estimate of drug-likeness (QED) is 0.403. The van der Waals surface area contributed by atoms with Gasteiger partial charge in [-0.25, -0.2) is 4.98 Å². The highest BCUT2D eigenvalue weighted by Gasteiger charge is 2.16. The molecule has 0 saturated carbocycles. The molecule has 2 heterocycles. The van der Waals surface area contributed by atoms with Gasteiger partial charge in [0.1, 0.15) is 10.6 Å². The van der Waals surface area contributed by atoms with E-state index < -0.39 is 0 Å². The summed E-state index contributed by atoms with van der Waals surface area (Å²) in [4.78, 5) is 9.81. The number of hydrogen-bond acceptors (Lipinski definition) is 4. The van der Waals surface area contributed by atoms with Gasteiger partial charge >= 0.3 is 0 Å². The third-order valence-corrected chi connectivity index (χ3v) is 5.45. The molecule has 0 unspecified atom stereocenters. The van der Waals surface area contributed by atoms with Gasteiger partial charge < -0.3 is 5.32 Å². The fourth-order valence-corrected chi connectivity index (χ4v) is 4.50. The van der Waals surface area contributed by atoms with Gasteiger partial charge in [0.2, 0.25) is 5.28 Å². The molecule has 0 amide bonds. The predicted molar refractivity (Wildman–Crippen MR) is 112 cm³/mol. The third kappa shape index (κ3) is 3.06. The van der Waals surface area contributed by atoms with Crippen LogP contribution in [0.1, 0.15) is 16.7 Å². The zero-order chi connectivity index (χ0) is 18.3. The number of anilines is 2. The summed E-state index contributed by atoms with van der Waals surface area (Å²) in [6.07, 6.45) is 0. The van der Waals surface area contributed by atoms with Gasteiger partial charge in [-0.1, -0.05) is 48.0 Å². The molecule has 0 bridgehead atoms. The summed E-state index contributed by atoms with van der Waals surface area (Å²) < 4.78 is 0. The second-order valence-corrected chi connectivity index (χ2v) is 7.63. The molecule has 0 spiro atoms. The number of halogens is 1. The number of thiophene rings is 1. The van der Waals surface area contributed by atoms with E-state index in [-0.39, 0.29) is 5.28 Å². The normalized spacial score (nSPS) is 11.1. The molecular formula is C21H18ClN3S. The van der Waals surface area contributed by atoms with E-state index in [1.807, 2.05) is 18.2 Å². The van der Waals surface area contributed by atoms with Gasteiger partial charge in [-0.05, 0) is 49.1 Å². The average Bonchev–Trinajstić information content (AvgIpc) is 3.02. The lowest BCUT2D eigenvalue weighted by Crippen LogP contribution is -2.01. The first-order valence-electron chi connectivity index (χ1n) is 8.38. The van der Waals surface area contributed by atoms with Crippen LogP contribution in [0.3, 0.4) is 0 Å². The Hall–Kier alpha value is -2.43. The summed E-state index contributed by atoms with van der Waals surface area (Å²) in [5.74, 6) is 0.746. The summed E-state index contributed by atoms with van der Waals surface area (Å²) in [5, 5.41) is 6.89. The molecule has 1 N–H and O–H groups in total. The van der Waals surface area contributed by atoms with Crippen molar-refractivity contribution < 1.29 is 0 Å². The number of fused-ring (bicyclic) bond motifs is 1. The molecule has 0 radical (unpaired) electrons. The van der Waals surface area contributed by atoms with E-state index in [9.17, 15) is 0 Å². The van der Waals surface area contributed by atoms with Gasteiger partial charge in [0.15, 0.2) is 0 Å². The topological polar surface area (TPSA) is 37.8 Å². The van der Waals surface area contributed by atoms with Crippen molar-refractivity contribution in [2.45, 2.75) is 20.8 Å². The van der Waals surface area contributed by atoms with Crippen LogP contribution in [0.25, 0.3) is 21.3 Å². The zero-order valence-corrected chi connectivity index (χ0v) is 16.4. The molecule has 5 heteroatoms. The van der Waals surface area contributed by atoms with Gasteiger partial charge in [-0.15, -0.1) is 11.3 Å². The highest BCUT2D eigenvalue weighted by atomic mass is 35.5. The number of nitrogens with one attached hydrogen (secondary N) is 1. The molecule has 26 heavy (non-hydrogen) atoms. The Morgan fingerprint density at radius 3 is 2.35 bits per heavy atom. The van der Waals surface area contributed by atoms with Crippen molar-refractivity contribution in [1.29, 1.82) is 0 Å². The van der Waals surface area contributed by atoms with Crippen molar-refractivity contribution in [3.63, 3.8) is 0 Å². The fourth-order valence-electron chi connectivity index (χ4n) is 3.33. The molecule has 0 fully saturated rings. The second kappa shape index (κ2) is 6.71. The Bertz CT molecular complexity index is 1080. The third-order valence-electron chi connectivity index (χ3n) is 4.41. The van der Waals surface area contributed by atoms with Crippen LogP contribution in [0.4, 0.5) is 11.5 Å². The number of benzene rings is 2. The minimum atomic E-state index is 0.254. The number of nitrogens with zero attached hydrogens (tertiary/aromatic N) is 2. The van der Waals surface area contributed by atoms with E-state index in [0.29, 0.717) is 0 Å². The van der Waals surface area contributed by atoms with E-state index >= 15 is 0 Å². The molecule has 0 atom stereocenters. The molecule has 4 rings (SSSR count). The Morgan fingerprint density at radius 1 is 0.962 bits per heavy atom.